The highest BCUT2D eigenvalue weighted by molar-refractivity contribution is 5.98. The zero-order valence-corrected chi connectivity index (χ0v) is 15.3. The first-order chi connectivity index (χ1) is 12.4. The highest BCUT2D eigenvalue weighted by Crippen LogP contribution is 2.16. The number of H-pyrrole nitrogens is 1. The third-order valence-electron chi connectivity index (χ3n) is 4.60. The SMILES string of the molecule is Cc1ccc(C(=O)CCC(=O)N[C@H](C)c2nc3ccccc3[nH]2)cc1C. The Morgan fingerprint density at radius 3 is 2.58 bits per heavy atom. The Hall–Kier alpha value is -2.95. The number of aromatic amines is 1. The Morgan fingerprint density at radius 2 is 1.85 bits per heavy atom. The van der Waals surface area contributed by atoms with Crippen molar-refractivity contribution >= 4 is 22.7 Å². The second-order valence-corrected chi connectivity index (χ2v) is 6.65. The molecule has 134 valence electrons. The number of hydrogen-bond acceptors (Lipinski definition) is 3. The summed E-state index contributed by atoms with van der Waals surface area (Å²) >= 11 is 0. The first-order valence-corrected chi connectivity index (χ1v) is 8.78. The number of rotatable bonds is 6. The summed E-state index contributed by atoms with van der Waals surface area (Å²) in [6.07, 6.45) is 0.359. The Balaban J connectivity index is 1.56. The molecule has 26 heavy (non-hydrogen) atoms. The number of carbonyl (C=O) groups is 2. The topological polar surface area (TPSA) is 74.8 Å². The third kappa shape index (κ3) is 3.99. The molecule has 0 saturated heterocycles. The van der Waals surface area contributed by atoms with Crippen molar-refractivity contribution in [3.05, 3.63) is 65.0 Å². The average Bonchev–Trinajstić information content (AvgIpc) is 3.06. The molecule has 1 amide bonds. The lowest BCUT2D eigenvalue weighted by atomic mass is 10.0. The van der Waals surface area contributed by atoms with Crippen LogP contribution in [0.2, 0.25) is 0 Å². The number of nitrogens with zero attached hydrogens (tertiary/aromatic N) is 1. The Kier molecular flexibility index (Phi) is 5.16. The van der Waals surface area contributed by atoms with Crippen molar-refractivity contribution in [2.45, 2.75) is 39.7 Å². The number of amides is 1. The standard InChI is InChI=1S/C21H23N3O2/c1-13-8-9-16(12-14(13)2)19(25)10-11-20(26)22-15(3)21-23-17-6-4-5-7-18(17)24-21/h4-9,12,15H,10-11H2,1-3H3,(H,22,26)(H,23,24)/t15-/m1/s1. The van der Waals surface area contributed by atoms with Gasteiger partial charge >= 0.3 is 0 Å². The van der Waals surface area contributed by atoms with Crippen LogP contribution in [0.25, 0.3) is 11.0 Å². The maximum atomic E-state index is 12.3. The van der Waals surface area contributed by atoms with Crippen LogP contribution in [0, 0.1) is 13.8 Å². The van der Waals surface area contributed by atoms with E-state index in [4.69, 9.17) is 0 Å². The lowest BCUT2D eigenvalue weighted by Crippen LogP contribution is -2.27. The maximum Gasteiger partial charge on any atom is 0.221 e. The summed E-state index contributed by atoms with van der Waals surface area (Å²) < 4.78 is 0. The van der Waals surface area contributed by atoms with Gasteiger partial charge in [0.25, 0.3) is 0 Å². The zero-order valence-electron chi connectivity index (χ0n) is 15.3. The number of aromatic nitrogens is 2. The minimum atomic E-state index is -0.244. The van der Waals surface area contributed by atoms with Crippen molar-refractivity contribution in [1.82, 2.24) is 15.3 Å². The van der Waals surface area contributed by atoms with E-state index in [2.05, 4.69) is 15.3 Å². The minimum Gasteiger partial charge on any atom is -0.346 e. The summed E-state index contributed by atoms with van der Waals surface area (Å²) in [5.74, 6) is 0.537. The summed E-state index contributed by atoms with van der Waals surface area (Å²) in [7, 11) is 0. The van der Waals surface area contributed by atoms with Crippen LogP contribution < -0.4 is 5.32 Å². The predicted octanol–water partition coefficient (Wildman–Crippen LogP) is 4.02. The number of fused-ring (bicyclic) bond motifs is 1. The molecule has 2 aromatic carbocycles. The Morgan fingerprint density at radius 1 is 1.08 bits per heavy atom. The molecular weight excluding hydrogens is 326 g/mol. The molecule has 0 unspecified atom stereocenters. The van der Waals surface area contributed by atoms with Crippen LogP contribution in [0.4, 0.5) is 0 Å². The van der Waals surface area contributed by atoms with E-state index in [0.717, 1.165) is 22.2 Å². The summed E-state index contributed by atoms with van der Waals surface area (Å²) in [6.45, 7) is 5.87. The lowest BCUT2D eigenvalue weighted by Gasteiger charge is -2.11. The molecule has 0 aliphatic carbocycles. The third-order valence-corrected chi connectivity index (χ3v) is 4.60. The number of carbonyl (C=O) groups excluding carboxylic acids is 2. The molecule has 3 aromatic rings. The van der Waals surface area contributed by atoms with E-state index in [1.807, 2.05) is 63.2 Å². The molecule has 0 spiro atoms. The van der Waals surface area contributed by atoms with Crippen molar-refractivity contribution < 1.29 is 9.59 Å². The fourth-order valence-electron chi connectivity index (χ4n) is 2.85. The molecule has 0 fully saturated rings. The number of aryl methyl sites for hydroxylation is 2. The Bertz CT molecular complexity index is 926. The van der Waals surface area contributed by atoms with E-state index < -0.39 is 0 Å². The fraction of sp³-hybridized carbons (Fsp3) is 0.286. The number of nitrogens with one attached hydrogen (secondary N) is 2. The van der Waals surface area contributed by atoms with Crippen molar-refractivity contribution in [3.8, 4) is 0 Å². The molecule has 2 N–H and O–H groups in total. The second-order valence-electron chi connectivity index (χ2n) is 6.65. The summed E-state index contributed by atoms with van der Waals surface area (Å²) in [5.41, 5.74) is 4.70. The van der Waals surface area contributed by atoms with Gasteiger partial charge in [-0.3, -0.25) is 9.59 Å². The molecule has 5 heteroatoms. The molecule has 0 radical (unpaired) electrons. The molecule has 0 saturated carbocycles. The van der Waals surface area contributed by atoms with Gasteiger partial charge in [-0.2, -0.15) is 0 Å². The van der Waals surface area contributed by atoms with Gasteiger partial charge in [0.05, 0.1) is 17.1 Å². The normalized spacial score (nSPS) is 12.1. The van der Waals surface area contributed by atoms with Gasteiger partial charge in [0.2, 0.25) is 5.91 Å². The molecule has 0 bridgehead atoms. The number of benzene rings is 2. The number of ketones is 1. The number of para-hydroxylation sites is 2. The second kappa shape index (κ2) is 7.52. The van der Waals surface area contributed by atoms with Crippen LogP contribution in [0.1, 0.15) is 53.1 Å². The van der Waals surface area contributed by atoms with Gasteiger partial charge in [0, 0.05) is 18.4 Å². The van der Waals surface area contributed by atoms with Crippen molar-refractivity contribution in [3.63, 3.8) is 0 Å². The summed E-state index contributed by atoms with van der Waals surface area (Å²) in [4.78, 5) is 32.2. The van der Waals surface area contributed by atoms with Crippen molar-refractivity contribution in [1.29, 1.82) is 0 Å². The largest absolute Gasteiger partial charge is 0.346 e. The fourth-order valence-corrected chi connectivity index (χ4v) is 2.85. The maximum absolute atomic E-state index is 12.3. The predicted molar refractivity (Wildman–Crippen MR) is 102 cm³/mol. The van der Waals surface area contributed by atoms with Crippen LogP contribution in [-0.2, 0) is 4.79 Å². The van der Waals surface area contributed by atoms with Crippen LogP contribution in [0.15, 0.2) is 42.5 Å². The van der Waals surface area contributed by atoms with Gasteiger partial charge in [0.1, 0.15) is 5.82 Å². The van der Waals surface area contributed by atoms with Gasteiger partial charge in [-0.05, 0) is 50.1 Å². The van der Waals surface area contributed by atoms with Crippen LogP contribution in [-0.4, -0.2) is 21.7 Å². The first-order valence-electron chi connectivity index (χ1n) is 8.78. The quantitative estimate of drug-likeness (QED) is 0.660. The molecule has 5 nitrogen and oxygen atoms in total. The molecule has 3 rings (SSSR count). The molecule has 1 atom stereocenters. The van der Waals surface area contributed by atoms with Gasteiger partial charge in [-0.1, -0.05) is 24.3 Å². The van der Waals surface area contributed by atoms with E-state index in [-0.39, 0.29) is 30.6 Å². The van der Waals surface area contributed by atoms with Gasteiger partial charge in [0.15, 0.2) is 5.78 Å². The van der Waals surface area contributed by atoms with E-state index in [0.29, 0.717) is 11.4 Å². The van der Waals surface area contributed by atoms with E-state index in [1.165, 1.54) is 0 Å². The van der Waals surface area contributed by atoms with Crippen LogP contribution in [0.3, 0.4) is 0 Å². The molecule has 0 aliphatic rings. The zero-order chi connectivity index (χ0) is 18.7. The number of imidazole rings is 1. The van der Waals surface area contributed by atoms with Gasteiger partial charge in [-0.25, -0.2) is 4.98 Å². The molecular formula is C21H23N3O2. The van der Waals surface area contributed by atoms with E-state index >= 15 is 0 Å². The smallest absolute Gasteiger partial charge is 0.221 e. The highest BCUT2D eigenvalue weighted by Gasteiger charge is 2.15. The monoisotopic (exact) mass is 349 g/mol. The van der Waals surface area contributed by atoms with Gasteiger partial charge < -0.3 is 10.3 Å². The van der Waals surface area contributed by atoms with E-state index in [9.17, 15) is 9.59 Å². The first kappa shape index (κ1) is 17.9. The summed E-state index contributed by atoms with van der Waals surface area (Å²) in [5, 5.41) is 2.90. The average molecular weight is 349 g/mol. The molecule has 1 heterocycles. The number of hydrogen-bond donors (Lipinski definition) is 2. The van der Waals surface area contributed by atoms with Crippen LogP contribution in [0.5, 0.6) is 0 Å². The van der Waals surface area contributed by atoms with Crippen molar-refractivity contribution in [2.24, 2.45) is 0 Å². The lowest BCUT2D eigenvalue weighted by molar-refractivity contribution is -0.121. The number of Topliss-reactive ketones (excluding diaryl/α,β-unsaturated/α-hetero) is 1. The minimum absolute atomic E-state index is 0.0142. The van der Waals surface area contributed by atoms with E-state index in [1.54, 1.807) is 0 Å². The molecule has 1 aromatic heterocycles. The summed E-state index contributed by atoms with van der Waals surface area (Å²) in [6, 6.07) is 13.1. The molecule has 0 aliphatic heterocycles. The van der Waals surface area contributed by atoms with Crippen LogP contribution >= 0.6 is 0 Å². The highest BCUT2D eigenvalue weighted by atomic mass is 16.2. The van der Waals surface area contributed by atoms with Gasteiger partial charge in [-0.15, -0.1) is 0 Å². The Labute approximate surface area is 152 Å². The van der Waals surface area contributed by atoms with Crippen molar-refractivity contribution in [2.75, 3.05) is 0 Å².